The summed E-state index contributed by atoms with van der Waals surface area (Å²) >= 11 is 0. The highest BCUT2D eigenvalue weighted by Crippen LogP contribution is 2.60. The van der Waals surface area contributed by atoms with E-state index >= 15 is 0 Å². The van der Waals surface area contributed by atoms with Crippen molar-refractivity contribution >= 4 is 11.8 Å². The summed E-state index contributed by atoms with van der Waals surface area (Å²) in [4.78, 5) is 28.0. The van der Waals surface area contributed by atoms with E-state index in [4.69, 9.17) is 4.74 Å². The molecule has 1 aliphatic heterocycles. The van der Waals surface area contributed by atoms with Gasteiger partial charge in [0.15, 0.2) is 6.61 Å². The SMILES string of the molecule is Cc1ccc(C)c(OCC(=O)N2CCC(NC(=O)C34CC5CC(CC(C5)C3)C4)CC2)c1C. The van der Waals surface area contributed by atoms with Crippen LogP contribution in [0.4, 0.5) is 0 Å². The van der Waals surface area contributed by atoms with Crippen molar-refractivity contribution in [3.8, 4) is 5.75 Å². The van der Waals surface area contributed by atoms with Crippen molar-refractivity contribution in [1.29, 1.82) is 0 Å². The molecule has 1 N–H and O–H groups in total. The lowest BCUT2D eigenvalue weighted by atomic mass is 9.49. The van der Waals surface area contributed by atoms with Crippen molar-refractivity contribution in [3.05, 3.63) is 28.8 Å². The normalized spacial score (nSPS) is 31.6. The average molecular weight is 439 g/mol. The minimum absolute atomic E-state index is 0.0381. The number of benzene rings is 1. The minimum Gasteiger partial charge on any atom is -0.483 e. The van der Waals surface area contributed by atoms with E-state index in [-0.39, 0.29) is 24.0 Å². The Balaban J connectivity index is 1.11. The lowest BCUT2D eigenvalue weighted by molar-refractivity contribution is -0.147. The van der Waals surface area contributed by atoms with Gasteiger partial charge in [0.2, 0.25) is 5.91 Å². The molecular formula is C27H38N2O3. The number of carbonyl (C=O) groups excluding carboxylic acids is 2. The molecule has 5 aliphatic rings. The van der Waals surface area contributed by atoms with Crippen molar-refractivity contribution in [1.82, 2.24) is 10.2 Å². The first-order chi connectivity index (χ1) is 15.3. The number of carbonyl (C=O) groups is 2. The van der Waals surface area contributed by atoms with E-state index < -0.39 is 0 Å². The van der Waals surface area contributed by atoms with Gasteiger partial charge < -0.3 is 15.0 Å². The topological polar surface area (TPSA) is 58.6 Å². The number of aryl methyl sites for hydroxylation is 2. The van der Waals surface area contributed by atoms with Crippen LogP contribution in [0.1, 0.15) is 68.1 Å². The Kier molecular flexibility index (Phi) is 5.71. The van der Waals surface area contributed by atoms with Gasteiger partial charge in [-0.25, -0.2) is 0 Å². The van der Waals surface area contributed by atoms with E-state index in [1.807, 2.05) is 24.8 Å². The van der Waals surface area contributed by atoms with Crippen LogP contribution in [0, 0.1) is 43.9 Å². The van der Waals surface area contributed by atoms with E-state index in [0.29, 0.717) is 19.0 Å². The molecule has 174 valence electrons. The Morgan fingerprint density at radius 2 is 1.53 bits per heavy atom. The van der Waals surface area contributed by atoms with Crippen LogP contribution >= 0.6 is 0 Å². The summed E-state index contributed by atoms with van der Waals surface area (Å²) in [5.41, 5.74) is 3.25. The molecule has 1 heterocycles. The third-order valence-electron chi connectivity index (χ3n) is 8.92. The highest BCUT2D eigenvalue weighted by molar-refractivity contribution is 5.83. The van der Waals surface area contributed by atoms with E-state index in [1.165, 1.54) is 24.8 Å². The maximum absolute atomic E-state index is 13.3. The van der Waals surface area contributed by atoms with Crippen molar-refractivity contribution in [2.45, 2.75) is 78.2 Å². The average Bonchev–Trinajstić information content (AvgIpc) is 2.76. The van der Waals surface area contributed by atoms with Crippen LogP contribution in [0.25, 0.3) is 0 Å². The van der Waals surface area contributed by atoms with Gasteiger partial charge in [0.25, 0.3) is 5.91 Å². The minimum atomic E-state index is -0.0842. The number of hydrogen-bond donors (Lipinski definition) is 1. The predicted octanol–water partition coefficient (Wildman–Crippen LogP) is 4.31. The number of nitrogens with zero attached hydrogens (tertiary/aromatic N) is 1. The van der Waals surface area contributed by atoms with Gasteiger partial charge in [0.1, 0.15) is 5.75 Å². The number of amides is 2. The lowest BCUT2D eigenvalue weighted by Gasteiger charge is -2.56. The van der Waals surface area contributed by atoms with Gasteiger partial charge in [0, 0.05) is 24.5 Å². The summed E-state index contributed by atoms with van der Waals surface area (Å²) in [7, 11) is 0. The second-order valence-corrected chi connectivity index (χ2v) is 11.3. The maximum atomic E-state index is 13.3. The number of rotatable bonds is 5. The van der Waals surface area contributed by atoms with E-state index in [0.717, 1.165) is 66.7 Å². The molecule has 0 spiro atoms. The second kappa shape index (κ2) is 8.39. The van der Waals surface area contributed by atoms with Crippen LogP contribution in [0.2, 0.25) is 0 Å². The van der Waals surface area contributed by atoms with E-state index in [2.05, 4.69) is 18.3 Å². The van der Waals surface area contributed by atoms with Gasteiger partial charge in [-0.3, -0.25) is 9.59 Å². The van der Waals surface area contributed by atoms with Crippen LogP contribution in [0.15, 0.2) is 12.1 Å². The molecule has 5 nitrogen and oxygen atoms in total. The summed E-state index contributed by atoms with van der Waals surface area (Å²) in [5, 5.41) is 3.41. The maximum Gasteiger partial charge on any atom is 0.260 e. The Morgan fingerprint density at radius 1 is 0.969 bits per heavy atom. The summed E-state index contributed by atoms with van der Waals surface area (Å²) in [6.07, 6.45) is 9.08. The quantitative estimate of drug-likeness (QED) is 0.745. The summed E-state index contributed by atoms with van der Waals surface area (Å²) in [5.74, 6) is 3.54. The molecule has 5 heteroatoms. The van der Waals surface area contributed by atoms with Gasteiger partial charge in [0.05, 0.1) is 0 Å². The fourth-order valence-corrected chi connectivity index (χ4v) is 7.37. The zero-order chi connectivity index (χ0) is 22.5. The third-order valence-corrected chi connectivity index (χ3v) is 8.92. The molecular weight excluding hydrogens is 400 g/mol. The fourth-order valence-electron chi connectivity index (χ4n) is 7.37. The largest absolute Gasteiger partial charge is 0.483 e. The summed E-state index contributed by atoms with van der Waals surface area (Å²) in [6, 6.07) is 4.32. The molecule has 1 aromatic carbocycles. The first-order valence-corrected chi connectivity index (χ1v) is 12.6. The first kappa shape index (κ1) is 21.8. The molecule has 0 atom stereocenters. The smallest absolute Gasteiger partial charge is 0.260 e. The molecule has 0 radical (unpaired) electrons. The Hall–Kier alpha value is -2.04. The molecule has 0 aromatic heterocycles. The van der Waals surface area contributed by atoms with Crippen molar-refractivity contribution in [2.75, 3.05) is 19.7 Å². The van der Waals surface area contributed by atoms with E-state index in [1.54, 1.807) is 0 Å². The standard InChI is InChI=1S/C27H38N2O3/c1-17-4-5-18(2)25(19(17)3)32-16-24(30)29-8-6-23(7-9-29)28-26(31)27-13-20-10-21(14-27)12-22(11-20)15-27/h4-5,20-23H,6-16H2,1-3H3,(H,28,31). The number of piperidine rings is 1. The van der Waals surface area contributed by atoms with Gasteiger partial charge >= 0.3 is 0 Å². The first-order valence-electron chi connectivity index (χ1n) is 12.6. The van der Waals surface area contributed by atoms with Crippen molar-refractivity contribution in [2.24, 2.45) is 23.2 Å². The van der Waals surface area contributed by atoms with Crippen LogP contribution in [0.5, 0.6) is 5.75 Å². The Morgan fingerprint density at radius 3 is 2.12 bits per heavy atom. The Bertz CT molecular complexity index is 865. The van der Waals surface area contributed by atoms with Crippen LogP contribution in [0.3, 0.4) is 0 Å². The van der Waals surface area contributed by atoms with Gasteiger partial charge in [-0.1, -0.05) is 12.1 Å². The van der Waals surface area contributed by atoms with Gasteiger partial charge in [-0.2, -0.15) is 0 Å². The van der Waals surface area contributed by atoms with Gasteiger partial charge in [-0.05, 0) is 107 Å². The number of likely N-dealkylation sites (tertiary alicyclic amines) is 1. The molecule has 2 amide bonds. The molecule has 6 rings (SSSR count). The number of nitrogens with one attached hydrogen (secondary N) is 1. The highest BCUT2D eigenvalue weighted by atomic mass is 16.5. The van der Waals surface area contributed by atoms with E-state index in [9.17, 15) is 9.59 Å². The monoisotopic (exact) mass is 438 g/mol. The van der Waals surface area contributed by atoms with Crippen molar-refractivity contribution in [3.63, 3.8) is 0 Å². The second-order valence-electron chi connectivity index (χ2n) is 11.3. The summed E-state index contributed by atoms with van der Waals surface area (Å²) < 4.78 is 5.93. The number of ether oxygens (including phenoxy) is 1. The molecule has 32 heavy (non-hydrogen) atoms. The van der Waals surface area contributed by atoms with Crippen molar-refractivity contribution < 1.29 is 14.3 Å². The van der Waals surface area contributed by atoms with Crippen LogP contribution < -0.4 is 10.1 Å². The molecule has 0 unspecified atom stereocenters. The zero-order valence-corrected chi connectivity index (χ0v) is 19.9. The molecule has 4 saturated carbocycles. The third kappa shape index (κ3) is 4.04. The molecule has 4 bridgehead atoms. The highest BCUT2D eigenvalue weighted by Gasteiger charge is 2.54. The fraction of sp³-hybridized carbons (Fsp3) is 0.704. The van der Waals surface area contributed by atoms with Crippen LogP contribution in [-0.4, -0.2) is 42.5 Å². The molecule has 4 aliphatic carbocycles. The lowest BCUT2D eigenvalue weighted by Crippen LogP contribution is -2.56. The number of hydrogen-bond acceptors (Lipinski definition) is 3. The van der Waals surface area contributed by atoms with Crippen LogP contribution in [-0.2, 0) is 9.59 Å². The summed E-state index contributed by atoms with van der Waals surface area (Å²) in [6.45, 7) is 7.59. The predicted molar refractivity (Wildman–Crippen MR) is 124 cm³/mol. The Labute approximate surface area is 192 Å². The molecule has 1 saturated heterocycles. The zero-order valence-electron chi connectivity index (χ0n) is 19.9. The molecule has 1 aromatic rings. The molecule has 5 fully saturated rings. The van der Waals surface area contributed by atoms with Gasteiger partial charge in [-0.15, -0.1) is 0 Å².